The Hall–Kier alpha value is -10.6. The lowest BCUT2D eigenvalue weighted by molar-refractivity contribution is -0.275. The van der Waals surface area contributed by atoms with E-state index in [0.717, 1.165) is 96.4 Å². The number of benzene rings is 4. The van der Waals surface area contributed by atoms with Gasteiger partial charge in [0.05, 0.1) is 88.7 Å². The van der Waals surface area contributed by atoms with Crippen molar-refractivity contribution in [3.05, 3.63) is 217 Å². The van der Waals surface area contributed by atoms with Crippen molar-refractivity contribution in [1.82, 2.24) is 38.5 Å². The molecule has 26 heteroatoms. The number of fused-ring (bicyclic) bond motifs is 4. The Kier molecular flexibility index (Phi) is 18.7. The molecule has 1 aliphatic rings. The monoisotopic (exact) mass is 1330 g/mol. The number of nitrogens with zero attached hydrogens (tertiary/aromatic N) is 9. The van der Waals surface area contributed by atoms with Crippen molar-refractivity contribution in [3.63, 3.8) is 0 Å². The number of alkyl halides is 12. The zero-order valence-corrected chi connectivity index (χ0v) is 52.4. The van der Waals surface area contributed by atoms with Gasteiger partial charge in [-0.25, -0.2) is 44.4 Å². The van der Waals surface area contributed by atoms with Crippen molar-refractivity contribution in [3.8, 4) is 73.6 Å². The first kappa shape index (κ1) is 68.3. The minimum atomic E-state index is -4.83. The van der Waals surface area contributed by atoms with Gasteiger partial charge in [0.15, 0.2) is 0 Å². The third-order valence-corrected chi connectivity index (χ3v) is 16.0. The van der Waals surface area contributed by atoms with Crippen LogP contribution in [0, 0.1) is 11.3 Å². The lowest BCUT2D eigenvalue weighted by atomic mass is 9.95. The SMILES string of the molecule is CC(F)(F)c1cnn2ccc(-c3ccc(C4(C#N)CC4)cc3)cc12.COC(C)(C)c1ccc(-c2ccn3ncc(C(C)(F)F)c3c2)cc1.COc1cc(OC(F)(F)F)ccc1-c1ccn2ncc(C(C)(F)F)c2c1.COc1cc(OC(F)(F)F)ccc1-c1ccn2nccc2c1. The first-order valence-electron chi connectivity index (χ1n) is 29.3. The molecule has 1 fully saturated rings. The Bertz CT molecular complexity index is 4780. The van der Waals surface area contributed by atoms with Gasteiger partial charge in [0, 0.05) is 82.1 Å². The average Bonchev–Trinajstić information content (AvgIpc) is 1.60. The zero-order valence-electron chi connectivity index (χ0n) is 52.4. The summed E-state index contributed by atoms with van der Waals surface area (Å²) in [5.41, 5.74) is 8.87. The second-order valence-electron chi connectivity index (χ2n) is 23.1. The maximum Gasteiger partial charge on any atom is 0.573 e. The van der Waals surface area contributed by atoms with Gasteiger partial charge < -0.3 is 23.7 Å². The molecule has 0 unspecified atom stereocenters. The van der Waals surface area contributed by atoms with Crippen molar-refractivity contribution in [2.75, 3.05) is 21.3 Å². The summed E-state index contributed by atoms with van der Waals surface area (Å²) in [5.74, 6) is -9.30. The summed E-state index contributed by atoms with van der Waals surface area (Å²) in [7, 11) is 4.36. The fourth-order valence-corrected chi connectivity index (χ4v) is 10.5. The third kappa shape index (κ3) is 15.5. The number of hydrogen-bond donors (Lipinski definition) is 0. The minimum Gasteiger partial charge on any atom is -0.496 e. The van der Waals surface area contributed by atoms with Gasteiger partial charge >= 0.3 is 12.7 Å². The molecule has 96 heavy (non-hydrogen) atoms. The van der Waals surface area contributed by atoms with Gasteiger partial charge in [-0.1, -0.05) is 48.5 Å². The van der Waals surface area contributed by atoms with E-state index in [0.29, 0.717) is 33.5 Å². The fraction of sp³-hybridized carbons (Fsp3) is 0.243. The maximum atomic E-state index is 13.7. The maximum absolute atomic E-state index is 13.7. The van der Waals surface area contributed by atoms with Crippen LogP contribution in [0.3, 0.4) is 0 Å². The van der Waals surface area contributed by atoms with E-state index in [1.807, 2.05) is 92.7 Å². The molecule has 14 nitrogen and oxygen atoms in total. The van der Waals surface area contributed by atoms with Crippen LogP contribution in [-0.4, -0.2) is 72.5 Å². The van der Waals surface area contributed by atoms with E-state index in [2.05, 4.69) is 35.9 Å². The van der Waals surface area contributed by atoms with Crippen LogP contribution in [0.1, 0.15) is 75.3 Å². The second-order valence-corrected chi connectivity index (χ2v) is 23.1. The Labute approximate surface area is 541 Å². The lowest BCUT2D eigenvalue weighted by Crippen LogP contribution is -2.19. The number of rotatable bonds is 14. The highest BCUT2D eigenvalue weighted by atomic mass is 19.4. The molecule has 498 valence electrons. The number of methoxy groups -OCH3 is 3. The standard InChI is InChI=1S/C19H15F2N3.C19H20F2N2O.C17H13F5N2O2.C15H11F3N2O2/c1-18(20,21)16-11-23-24-9-6-14(10-17(16)24)13-2-4-15(5-3-13)19(12-22)7-8-19;1-18(2,24-4)15-7-5-13(6-8-15)14-9-10-23-17(11-14)16(12-22-23)19(3,20)21;1-16(18,19)13-9-23-24-6-5-10(7-14(13)24)12-4-3-11(8-15(12)25-2)26-17(20,21)22;1-21-14-9-12(22-15(16,17)18)2-3-13(14)10-5-7-20-11(8-10)4-6-19-20/h2-6,9-11H,7-8H2,1H3;5-12H,1-4H3;3-9H,1-2H3;2-9H,1H3. The molecule has 1 aliphatic carbocycles. The Morgan fingerprint density at radius 3 is 1.19 bits per heavy atom. The van der Waals surface area contributed by atoms with Gasteiger partial charge in [-0.05, 0) is 150 Å². The third-order valence-electron chi connectivity index (χ3n) is 16.0. The van der Waals surface area contributed by atoms with E-state index in [1.54, 1.807) is 54.6 Å². The van der Waals surface area contributed by atoms with Gasteiger partial charge in [-0.15, -0.1) is 26.3 Å². The molecule has 4 aromatic carbocycles. The molecule has 0 bridgehead atoms. The van der Waals surface area contributed by atoms with Crippen molar-refractivity contribution in [1.29, 1.82) is 5.26 Å². The summed E-state index contributed by atoms with van der Waals surface area (Å²) in [4.78, 5) is 0. The largest absolute Gasteiger partial charge is 0.573 e. The number of nitriles is 1. The Balaban J connectivity index is 0.000000139. The van der Waals surface area contributed by atoms with Gasteiger partial charge in [0.2, 0.25) is 0 Å². The molecule has 0 amide bonds. The van der Waals surface area contributed by atoms with Crippen LogP contribution in [-0.2, 0) is 33.5 Å². The Morgan fingerprint density at radius 1 is 0.427 bits per heavy atom. The molecular formula is C70H59F12N9O5. The molecular weight excluding hydrogens is 1270 g/mol. The highest BCUT2D eigenvalue weighted by Crippen LogP contribution is 2.48. The van der Waals surface area contributed by atoms with Gasteiger partial charge in [-0.2, -0.15) is 25.7 Å². The number of hydrogen-bond acceptors (Lipinski definition) is 10. The van der Waals surface area contributed by atoms with Gasteiger partial charge in [0.1, 0.15) is 23.0 Å². The number of pyridine rings is 4. The first-order valence-corrected chi connectivity index (χ1v) is 29.3. The summed E-state index contributed by atoms with van der Waals surface area (Å²) in [5, 5.41) is 25.2. The van der Waals surface area contributed by atoms with Crippen LogP contribution in [0.5, 0.6) is 23.0 Å². The smallest absolute Gasteiger partial charge is 0.496 e. The van der Waals surface area contributed by atoms with E-state index in [4.69, 9.17) is 14.2 Å². The molecule has 8 heterocycles. The van der Waals surface area contributed by atoms with Crippen molar-refractivity contribution < 1.29 is 76.4 Å². The number of ether oxygens (including phenoxy) is 5. The molecule has 0 radical (unpaired) electrons. The molecule has 0 atom stereocenters. The normalized spacial score (nSPS) is 13.2. The number of aromatic nitrogens is 8. The second kappa shape index (κ2) is 26.3. The van der Waals surface area contributed by atoms with E-state index < -0.39 is 36.2 Å². The molecule has 8 aromatic heterocycles. The molecule has 12 aromatic rings. The van der Waals surface area contributed by atoms with E-state index >= 15 is 0 Å². The molecule has 13 rings (SSSR count). The van der Waals surface area contributed by atoms with E-state index in [-0.39, 0.29) is 44.7 Å². The molecule has 0 spiro atoms. The summed E-state index contributed by atoms with van der Waals surface area (Å²) < 4.78 is 186. The van der Waals surface area contributed by atoms with Crippen molar-refractivity contribution >= 4 is 22.1 Å². The van der Waals surface area contributed by atoms with Crippen LogP contribution in [0.15, 0.2) is 189 Å². The summed E-state index contributed by atoms with van der Waals surface area (Å²) >= 11 is 0. The topological polar surface area (TPSA) is 139 Å². The highest BCUT2D eigenvalue weighted by Gasteiger charge is 2.45. The summed E-state index contributed by atoms with van der Waals surface area (Å²) in [6, 6.07) is 41.5. The van der Waals surface area contributed by atoms with Crippen LogP contribution in [0.25, 0.3) is 66.6 Å². The Morgan fingerprint density at radius 2 is 0.812 bits per heavy atom. The zero-order chi connectivity index (χ0) is 69.3. The van der Waals surface area contributed by atoms with Gasteiger partial charge in [-0.3, -0.25) is 0 Å². The van der Waals surface area contributed by atoms with Gasteiger partial charge in [0.25, 0.3) is 17.8 Å². The highest BCUT2D eigenvalue weighted by molar-refractivity contribution is 5.78. The predicted octanol–water partition coefficient (Wildman–Crippen LogP) is 18.6. The molecule has 0 aliphatic heterocycles. The van der Waals surface area contributed by atoms with E-state index in [1.165, 1.54) is 76.7 Å². The molecule has 1 saturated carbocycles. The van der Waals surface area contributed by atoms with Crippen LogP contribution >= 0.6 is 0 Å². The lowest BCUT2D eigenvalue weighted by Gasteiger charge is -2.23. The van der Waals surface area contributed by atoms with Crippen LogP contribution in [0.4, 0.5) is 52.7 Å². The summed E-state index contributed by atoms with van der Waals surface area (Å²) in [6.45, 7) is 6.52. The van der Waals surface area contributed by atoms with E-state index in [9.17, 15) is 57.9 Å². The van der Waals surface area contributed by atoms with Crippen molar-refractivity contribution in [2.24, 2.45) is 0 Å². The fourth-order valence-electron chi connectivity index (χ4n) is 10.5. The quantitative estimate of drug-likeness (QED) is 0.0967. The van der Waals surface area contributed by atoms with Crippen LogP contribution in [0.2, 0.25) is 0 Å². The predicted molar refractivity (Wildman–Crippen MR) is 334 cm³/mol. The first-order chi connectivity index (χ1) is 45.2. The van der Waals surface area contributed by atoms with Crippen molar-refractivity contribution in [2.45, 2.75) is 89.0 Å². The number of halogens is 12. The molecule has 0 saturated heterocycles. The molecule has 0 N–H and O–H groups in total. The average molecular weight is 1330 g/mol. The summed E-state index contributed by atoms with van der Waals surface area (Å²) in [6.07, 6.45) is 4.07. The van der Waals surface area contributed by atoms with Crippen LogP contribution < -0.4 is 18.9 Å². The minimum absolute atomic E-state index is 0.0681.